The van der Waals surface area contributed by atoms with Crippen LogP contribution in [0.2, 0.25) is 5.02 Å². The Hall–Kier alpha value is -1.32. The Kier molecular flexibility index (Phi) is 4.61. The number of carbonyl (C=O) groups is 1. The minimum atomic E-state index is -0.443. The summed E-state index contributed by atoms with van der Waals surface area (Å²) in [6.07, 6.45) is 1.94. The highest BCUT2D eigenvalue weighted by atomic mass is 35.5. The molecular formula is C15H12ClFOS. The van der Waals surface area contributed by atoms with Crippen molar-refractivity contribution < 1.29 is 9.18 Å². The van der Waals surface area contributed by atoms with Crippen LogP contribution in [0.1, 0.15) is 15.9 Å². The lowest BCUT2D eigenvalue weighted by Gasteiger charge is -2.06. The standard InChI is InChI=1S/C15H12ClFOS/c1-19-11-7-5-10(6-8-11)15(18)9-12-13(16)3-2-4-14(12)17/h2-8H,9H2,1H3. The summed E-state index contributed by atoms with van der Waals surface area (Å²) in [5.41, 5.74) is 0.820. The maximum absolute atomic E-state index is 13.6. The fourth-order valence-electron chi connectivity index (χ4n) is 1.74. The molecule has 2 aromatic carbocycles. The van der Waals surface area contributed by atoms with E-state index in [0.717, 1.165) is 4.90 Å². The van der Waals surface area contributed by atoms with Crippen molar-refractivity contribution in [2.24, 2.45) is 0 Å². The van der Waals surface area contributed by atoms with E-state index in [1.165, 1.54) is 12.1 Å². The second-order valence-corrected chi connectivity index (χ2v) is 5.32. The van der Waals surface area contributed by atoms with E-state index in [0.29, 0.717) is 5.56 Å². The molecular weight excluding hydrogens is 283 g/mol. The Morgan fingerprint density at radius 3 is 2.47 bits per heavy atom. The van der Waals surface area contributed by atoms with Crippen molar-refractivity contribution in [3.63, 3.8) is 0 Å². The fraction of sp³-hybridized carbons (Fsp3) is 0.133. The number of ketones is 1. The third-order valence-corrected chi connectivity index (χ3v) is 3.91. The Bertz CT molecular complexity index is 575. The Balaban J connectivity index is 2.20. The summed E-state index contributed by atoms with van der Waals surface area (Å²) in [5.74, 6) is -0.582. The molecule has 0 unspecified atom stereocenters. The Labute approximate surface area is 120 Å². The highest BCUT2D eigenvalue weighted by Crippen LogP contribution is 2.22. The van der Waals surface area contributed by atoms with E-state index in [9.17, 15) is 9.18 Å². The molecule has 0 amide bonds. The fourth-order valence-corrected chi connectivity index (χ4v) is 2.38. The van der Waals surface area contributed by atoms with Crippen LogP contribution in [0.4, 0.5) is 4.39 Å². The highest BCUT2D eigenvalue weighted by molar-refractivity contribution is 7.98. The van der Waals surface area contributed by atoms with Gasteiger partial charge in [0, 0.05) is 27.5 Å². The normalized spacial score (nSPS) is 10.5. The van der Waals surface area contributed by atoms with Gasteiger partial charge in [0.05, 0.1) is 0 Å². The number of thioether (sulfide) groups is 1. The zero-order chi connectivity index (χ0) is 13.8. The zero-order valence-electron chi connectivity index (χ0n) is 10.3. The molecule has 0 N–H and O–H groups in total. The minimum absolute atomic E-state index is 0.0237. The monoisotopic (exact) mass is 294 g/mol. The molecule has 0 saturated heterocycles. The van der Waals surface area contributed by atoms with Crippen molar-refractivity contribution >= 4 is 29.1 Å². The first-order valence-corrected chi connectivity index (χ1v) is 7.32. The molecule has 19 heavy (non-hydrogen) atoms. The molecule has 0 bridgehead atoms. The van der Waals surface area contributed by atoms with Crippen molar-refractivity contribution in [1.29, 1.82) is 0 Å². The van der Waals surface area contributed by atoms with Gasteiger partial charge in [-0.3, -0.25) is 4.79 Å². The van der Waals surface area contributed by atoms with E-state index in [1.54, 1.807) is 30.0 Å². The highest BCUT2D eigenvalue weighted by Gasteiger charge is 2.13. The second kappa shape index (κ2) is 6.22. The molecule has 1 nitrogen and oxygen atoms in total. The van der Waals surface area contributed by atoms with E-state index in [-0.39, 0.29) is 22.8 Å². The molecule has 0 aliphatic heterocycles. The van der Waals surface area contributed by atoms with E-state index in [1.807, 2.05) is 18.4 Å². The lowest BCUT2D eigenvalue weighted by atomic mass is 10.0. The molecule has 0 radical (unpaired) electrons. The average molecular weight is 295 g/mol. The van der Waals surface area contributed by atoms with Crippen LogP contribution in [0.5, 0.6) is 0 Å². The lowest BCUT2D eigenvalue weighted by molar-refractivity contribution is 0.0992. The first-order chi connectivity index (χ1) is 9.11. The van der Waals surface area contributed by atoms with Crippen LogP contribution in [0.15, 0.2) is 47.4 Å². The van der Waals surface area contributed by atoms with Crippen molar-refractivity contribution in [3.05, 3.63) is 64.4 Å². The number of rotatable bonds is 4. The Morgan fingerprint density at radius 1 is 1.21 bits per heavy atom. The average Bonchev–Trinajstić information content (AvgIpc) is 2.43. The third-order valence-electron chi connectivity index (χ3n) is 2.81. The van der Waals surface area contributed by atoms with Gasteiger partial charge in [0.2, 0.25) is 0 Å². The number of Topliss-reactive ketones (excluding diaryl/α,β-unsaturated/α-hetero) is 1. The van der Waals surface area contributed by atoms with Gasteiger partial charge in [-0.25, -0.2) is 4.39 Å². The SMILES string of the molecule is CSc1ccc(C(=O)Cc2c(F)cccc2Cl)cc1. The molecule has 0 saturated carbocycles. The molecule has 0 atom stereocenters. The molecule has 0 heterocycles. The molecule has 0 aliphatic rings. The third kappa shape index (κ3) is 3.37. The summed E-state index contributed by atoms with van der Waals surface area (Å²) in [5, 5.41) is 0.286. The van der Waals surface area contributed by atoms with Crippen LogP contribution in [-0.4, -0.2) is 12.0 Å². The van der Waals surface area contributed by atoms with Crippen molar-refractivity contribution in [3.8, 4) is 0 Å². The molecule has 0 aromatic heterocycles. The summed E-state index contributed by atoms with van der Waals surface area (Å²) in [7, 11) is 0. The maximum atomic E-state index is 13.6. The van der Waals surface area contributed by atoms with E-state index in [2.05, 4.69) is 0 Å². The first-order valence-electron chi connectivity index (χ1n) is 5.72. The first kappa shape index (κ1) is 14.1. The molecule has 0 fully saturated rings. The van der Waals surface area contributed by atoms with Gasteiger partial charge in [0.25, 0.3) is 0 Å². The summed E-state index contributed by atoms with van der Waals surface area (Å²) in [6.45, 7) is 0. The largest absolute Gasteiger partial charge is 0.294 e. The smallest absolute Gasteiger partial charge is 0.167 e. The van der Waals surface area contributed by atoms with Crippen LogP contribution in [0.3, 0.4) is 0 Å². The summed E-state index contributed by atoms with van der Waals surface area (Å²) in [6, 6.07) is 11.7. The molecule has 4 heteroatoms. The molecule has 98 valence electrons. The van der Waals surface area contributed by atoms with Gasteiger partial charge < -0.3 is 0 Å². The van der Waals surface area contributed by atoms with Crippen LogP contribution < -0.4 is 0 Å². The molecule has 2 rings (SSSR count). The minimum Gasteiger partial charge on any atom is -0.294 e. The summed E-state index contributed by atoms with van der Waals surface area (Å²) < 4.78 is 13.6. The van der Waals surface area contributed by atoms with Crippen LogP contribution in [0.25, 0.3) is 0 Å². The van der Waals surface area contributed by atoms with Crippen LogP contribution >= 0.6 is 23.4 Å². The van der Waals surface area contributed by atoms with Gasteiger partial charge in [-0.2, -0.15) is 0 Å². The molecule has 0 aliphatic carbocycles. The van der Waals surface area contributed by atoms with Crippen molar-refractivity contribution in [2.45, 2.75) is 11.3 Å². The van der Waals surface area contributed by atoms with E-state index >= 15 is 0 Å². The van der Waals surface area contributed by atoms with Crippen LogP contribution in [-0.2, 0) is 6.42 Å². The number of hydrogen-bond acceptors (Lipinski definition) is 2. The van der Waals surface area contributed by atoms with Gasteiger partial charge in [0.15, 0.2) is 5.78 Å². The topological polar surface area (TPSA) is 17.1 Å². The predicted octanol–water partition coefficient (Wildman–Crippen LogP) is 4.63. The van der Waals surface area contributed by atoms with Crippen molar-refractivity contribution in [2.75, 3.05) is 6.26 Å². The maximum Gasteiger partial charge on any atom is 0.167 e. The summed E-state index contributed by atoms with van der Waals surface area (Å²) in [4.78, 5) is 13.2. The number of hydrogen-bond donors (Lipinski definition) is 0. The van der Waals surface area contributed by atoms with Crippen molar-refractivity contribution in [1.82, 2.24) is 0 Å². The Morgan fingerprint density at radius 2 is 1.89 bits per heavy atom. The van der Waals surface area contributed by atoms with Gasteiger partial charge in [-0.15, -0.1) is 11.8 Å². The number of halogens is 2. The zero-order valence-corrected chi connectivity index (χ0v) is 11.9. The molecule has 2 aromatic rings. The van der Waals surface area contributed by atoms with Crippen LogP contribution in [0, 0.1) is 5.82 Å². The summed E-state index contributed by atoms with van der Waals surface area (Å²) >= 11 is 7.52. The lowest BCUT2D eigenvalue weighted by Crippen LogP contribution is -2.05. The van der Waals surface area contributed by atoms with Gasteiger partial charge in [-0.1, -0.05) is 29.8 Å². The van der Waals surface area contributed by atoms with E-state index < -0.39 is 5.82 Å². The number of benzene rings is 2. The molecule has 0 spiro atoms. The van der Waals surface area contributed by atoms with Gasteiger partial charge in [0.1, 0.15) is 5.82 Å². The second-order valence-electron chi connectivity index (χ2n) is 4.03. The predicted molar refractivity (Wildman–Crippen MR) is 77.7 cm³/mol. The van der Waals surface area contributed by atoms with Gasteiger partial charge in [-0.05, 0) is 30.5 Å². The van der Waals surface area contributed by atoms with E-state index in [4.69, 9.17) is 11.6 Å². The van der Waals surface area contributed by atoms with Gasteiger partial charge >= 0.3 is 0 Å². The number of carbonyl (C=O) groups excluding carboxylic acids is 1. The quantitative estimate of drug-likeness (QED) is 0.604.